The molecule has 2 N–H and O–H groups in total. The minimum atomic E-state index is -1.12. The molecule has 0 aliphatic heterocycles. The summed E-state index contributed by atoms with van der Waals surface area (Å²) in [6.07, 6.45) is -1.12. The highest BCUT2D eigenvalue weighted by Crippen LogP contribution is 2.30. The number of aryl methyl sites for hydroxylation is 2. The first-order valence-corrected chi connectivity index (χ1v) is 5.84. The largest absolute Gasteiger partial charge is 0.465 e. The van der Waals surface area contributed by atoms with Crippen LogP contribution in [-0.2, 0) is 0 Å². The Morgan fingerprint density at radius 3 is 2.53 bits per heavy atom. The van der Waals surface area contributed by atoms with E-state index in [0.717, 1.165) is 16.7 Å². The molecule has 0 saturated carbocycles. The molecule has 98 valence electrons. The third-order valence-corrected chi connectivity index (χ3v) is 2.89. The van der Waals surface area contributed by atoms with Gasteiger partial charge in [0.25, 0.3) is 0 Å². The zero-order valence-corrected chi connectivity index (χ0v) is 10.7. The molecule has 19 heavy (non-hydrogen) atoms. The normalized spacial score (nSPS) is 10.3. The molecule has 2 aromatic rings. The van der Waals surface area contributed by atoms with Gasteiger partial charge in [-0.1, -0.05) is 18.2 Å². The average Bonchev–Trinajstić information content (AvgIpc) is 2.32. The van der Waals surface area contributed by atoms with E-state index in [-0.39, 0.29) is 5.82 Å². The van der Waals surface area contributed by atoms with Crippen molar-refractivity contribution in [1.82, 2.24) is 0 Å². The molecule has 0 heterocycles. The van der Waals surface area contributed by atoms with Crippen molar-refractivity contribution in [3.8, 4) is 11.1 Å². The van der Waals surface area contributed by atoms with Crippen LogP contribution in [-0.4, -0.2) is 11.2 Å². The molecule has 3 nitrogen and oxygen atoms in total. The summed E-state index contributed by atoms with van der Waals surface area (Å²) in [5.74, 6) is -0.274. The Balaban J connectivity index is 2.54. The summed E-state index contributed by atoms with van der Waals surface area (Å²) in [5.41, 5.74) is 3.49. The molecule has 0 saturated heterocycles. The van der Waals surface area contributed by atoms with Gasteiger partial charge in [-0.15, -0.1) is 0 Å². The summed E-state index contributed by atoms with van der Waals surface area (Å²) in [7, 11) is 0. The zero-order chi connectivity index (χ0) is 14.0. The number of hydrogen-bond acceptors (Lipinski definition) is 1. The van der Waals surface area contributed by atoms with Gasteiger partial charge >= 0.3 is 6.09 Å². The van der Waals surface area contributed by atoms with Crippen molar-refractivity contribution in [1.29, 1.82) is 0 Å². The van der Waals surface area contributed by atoms with E-state index in [1.54, 1.807) is 25.1 Å². The SMILES string of the molecule is Cc1ccc(-c2ccc(F)c(C)c2)c(NC(=O)O)c1. The standard InChI is InChI=1S/C15H14FNO2/c1-9-3-5-12(14(7-9)17-15(18)19)11-4-6-13(16)10(2)8-11/h3-8,17H,1-2H3,(H,18,19). The highest BCUT2D eigenvalue weighted by atomic mass is 19.1. The molecule has 2 aromatic carbocycles. The number of carbonyl (C=O) groups is 1. The highest BCUT2D eigenvalue weighted by molar-refractivity contribution is 5.90. The van der Waals surface area contributed by atoms with E-state index < -0.39 is 6.09 Å². The molecule has 0 spiro atoms. The summed E-state index contributed by atoms with van der Waals surface area (Å²) >= 11 is 0. The predicted molar refractivity (Wildman–Crippen MR) is 73.0 cm³/mol. The lowest BCUT2D eigenvalue weighted by molar-refractivity contribution is 0.210. The van der Waals surface area contributed by atoms with Crippen LogP contribution in [0.2, 0.25) is 0 Å². The quantitative estimate of drug-likeness (QED) is 0.849. The molecule has 0 aliphatic rings. The molecule has 0 fully saturated rings. The van der Waals surface area contributed by atoms with Gasteiger partial charge in [0, 0.05) is 5.56 Å². The van der Waals surface area contributed by atoms with Gasteiger partial charge < -0.3 is 5.11 Å². The van der Waals surface area contributed by atoms with E-state index >= 15 is 0 Å². The third-order valence-electron chi connectivity index (χ3n) is 2.89. The number of hydrogen-bond donors (Lipinski definition) is 2. The van der Waals surface area contributed by atoms with Crippen LogP contribution in [0.5, 0.6) is 0 Å². The maximum Gasteiger partial charge on any atom is 0.409 e. The number of nitrogens with one attached hydrogen (secondary N) is 1. The summed E-state index contributed by atoms with van der Waals surface area (Å²) in [6, 6.07) is 10.2. The molecular formula is C15H14FNO2. The number of anilines is 1. The Bertz CT molecular complexity index is 638. The lowest BCUT2D eigenvalue weighted by atomic mass is 10.00. The van der Waals surface area contributed by atoms with Gasteiger partial charge in [0.05, 0.1) is 5.69 Å². The fourth-order valence-electron chi connectivity index (χ4n) is 1.94. The van der Waals surface area contributed by atoms with Crippen molar-refractivity contribution in [2.45, 2.75) is 13.8 Å². The predicted octanol–water partition coefficient (Wildman–Crippen LogP) is 4.20. The smallest absolute Gasteiger partial charge is 0.409 e. The van der Waals surface area contributed by atoms with E-state index in [4.69, 9.17) is 5.11 Å². The van der Waals surface area contributed by atoms with E-state index in [0.29, 0.717) is 11.3 Å². The number of amides is 1. The molecule has 0 unspecified atom stereocenters. The third kappa shape index (κ3) is 2.91. The Hall–Kier alpha value is -2.36. The molecule has 2 rings (SSSR count). The van der Waals surface area contributed by atoms with Crippen LogP contribution in [0.4, 0.5) is 14.9 Å². The van der Waals surface area contributed by atoms with Crippen LogP contribution in [0.3, 0.4) is 0 Å². The lowest BCUT2D eigenvalue weighted by Gasteiger charge is -2.11. The summed E-state index contributed by atoms with van der Waals surface area (Å²) in [6.45, 7) is 3.56. The second kappa shape index (κ2) is 5.10. The van der Waals surface area contributed by atoms with Crippen molar-refractivity contribution >= 4 is 11.8 Å². The van der Waals surface area contributed by atoms with Gasteiger partial charge in [0.1, 0.15) is 5.82 Å². The summed E-state index contributed by atoms with van der Waals surface area (Å²) in [5, 5.41) is 11.2. The first-order chi connectivity index (χ1) is 8.97. The summed E-state index contributed by atoms with van der Waals surface area (Å²) in [4.78, 5) is 10.8. The monoisotopic (exact) mass is 259 g/mol. The van der Waals surface area contributed by atoms with Crippen molar-refractivity contribution in [3.63, 3.8) is 0 Å². The van der Waals surface area contributed by atoms with Gasteiger partial charge in [0.15, 0.2) is 0 Å². The first-order valence-electron chi connectivity index (χ1n) is 5.84. The van der Waals surface area contributed by atoms with Gasteiger partial charge in [-0.3, -0.25) is 5.32 Å². The Labute approximate surface area is 110 Å². The number of rotatable bonds is 2. The Morgan fingerprint density at radius 1 is 1.16 bits per heavy atom. The van der Waals surface area contributed by atoms with Gasteiger partial charge in [0.2, 0.25) is 0 Å². The maximum atomic E-state index is 13.3. The van der Waals surface area contributed by atoms with E-state index in [1.807, 2.05) is 19.1 Å². The molecule has 4 heteroatoms. The molecule has 0 radical (unpaired) electrons. The fraction of sp³-hybridized carbons (Fsp3) is 0.133. The highest BCUT2D eigenvalue weighted by Gasteiger charge is 2.09. The fourth-order valence-corrected chi connectivity index (χ4v) is 1.94. The second-order valence-corrected chi connectivity index (χ2v) is 4.44. The van der Waals surface area contributed by atoms with Crippen LogP contribution in [0.1, 0.15) is 11.1 Å². The molecule has 0 atom stereocenters. The minimum Gasteiger partial charge on any atom is -0.465 e. The van der Waals surface area contributed by atoms with Crippen LogP contribution in [0.25, 0.3) is 11.1 Å². The minimum absolute atomic E-state index is 0.274. The molecule has 0 aliphatic carbocycles. The Morgan fingerprint density at radius 2 is 1.89 bits per heavy atom. The van der Waals surface area contributed by atoms with Crippen LogP contribution >= 0.6 is 0 Å². The van der Waals surface area contributed by atoms with E-state index in [2.05, 4.69) is 5.32 Å². The zero-order valence-electron chi connectivity index (χ0n) is 10.7. The van der Waals surface area contributed by atoms with Gasteiger partial charge in [-0.25, -0.2) is 9.18 Å². The molecule has 0 bridgehead atoms. The topological polar surface area (TPSA) is 49.3 Å². The second-order valence-electron chi connectivity index (χ2n) is 4.44. The van der Waals surface area contributed by atoms with Crippen molar-refractivity contribution in [2.75, 3.05) is 5.32 Å². The number of carboxylic acid groups (broad SMARTS) is 1. The van der Waals surface area contributed by atoms with Crippen molar-refractivity contribution in [2.24, 2.45) is 0 Å². The first kappa shape index (κ1) is 13.1. The van der Waals surface area contributed by atoms with Crippen molar-refractivity contribution < 1.29 is 14.3 Å². The van der Waals surface area contributed by atoms with Crippen molar-refractivity contribution in [3.05, 3.63) is 53.3 Å². The number of benzene rings is 2. The molecular weight excluding hydrogens is 245 g/mol. The number of halogens is 1. The van der Waals surface area contributed by atoms with Gasteiger partial charge in [-0.2, -0.15) is 0 Å². The van der Waals surface area contributed by atoms with E-state index in [9.17, 15) is 9.18 Å². The van der Waals surface area contributed by atoms with Crippen LogP contribution in [0, 0.1) is 19.7 Å². The molecule has 0 aromatic heterocycles. The van der Waals surface area contributed by atoms with Crippen LogP contribution in [0.15, 0.2) is 36.4 Å². The molecule has 1 amide bonds. The maximum absolute atomic E-state index is 13.3. The lowest BCUT2D eigenvalue weighted by Crippen LogP contribution is -2.08. The Kier molecular flexibility index (Phi) is 3.51. The van der Waals surface area contributed by atoms with Gasteiger partial charge in [-0.05, 0) is 48.7 Å². The summed E-state index contributed by atoms with van der Waals surface area (Å²) < 4.78 is 13.3. The van der Waals surface area contributed by atoms with Crippen LogP contribution < -0.4 is 5.32 Å². The average molecular weight is 259 g/mol. The van der Waals surface area contributed by atoms with E-state index in [1.165, 1.54) is 6.07 Å².